The van der Waals surface area contributed by atoms with Crippen LogP contribution in [0.3, 0.4) is 0 Å². The molecule has 0 radical (unpaired) electrons. The Bertz CT molecular complexity index is 665. The Labute approximate surface area is 128 Å². The van der Waals surface area contributed by atoms with Crippen LogP contribution in [-0.2, 0) is 9.47 Å². The van der Waals surface area contributed by atoms with Crippen LogP contribution in [0.4, 0.5) is 10.2 Å². The van der Waals surface area contributed by atoms with Gasteiger partial charge in [0, 0.05) is 18.2 Å². The van der Waals surface area contributed by atoms with Crippen LogP contribution in [0.5, 0.6) is 0 Å². The van der Waals surface area contributed by atoms with E-state index in [-0.39, 0.29) is 12.5 Å². The normalized spacial score (nSPS) is 30.0. The van der Waals surface area contributed by atoms with E-state index < -0.39 is 36.5 Å². The van der Waals surface area contributed by atoms with Gasteiger partial charge in [0.1, 0.15) is 18.7 Å². The number of alkyl halides is 1. The zero-order valence-corrected chi connectivity index (χ0v) is 12.0. The second-order valence-electron chi connectivity index (χ2n) is 4.70. The van der Waals surface area contributed by atoms with Crippen molar-refractivity contribution in [1.29, 1.82) is 0 Å². The van der Waals surface area contributed by atoms with Gasteiger partial charge in [0.05, 0.1) is 6.61 Å². The molecule has 4 atom stereocenters. The van der Waals surface area contributed by atoms with Crippen LogP contribution in [0.15, 0.2) is 22.2 Å². The Hall–Kier alpha value is -2.24. The number of aliphatic hydroxyl groups is 2. The van der Waals surface area contributed by atoms with Gasteiger partial charge in [-0.15, -0.1) is 0 Å². The molecule has 1 aliphatic heterocycles. The predicted octanol–water partition coefficient (Wildman–Crippen LogP) is -0.514. The molecule has 0 bridgehead atoms. The molecule has 0 aliphatic carbocycles. The van der Waals surface area contributed by atoms with E-state index >= 15 is 0 Å². The van der Waals surface area contributed by atoms with Crippen molar-refractivity contribution < 1.29 is 24.1 Å². The van der Waals surface area contributed by atoms with Crippen LogP contribution in [0.1, 0.15) is 6.23 Å². The zero-order valence-electron chi connectivity index (χ0n) is 12.0. The maximum Gasteiger partial charge on any atom is 0.351 e. The summed E-state index contributed by atoms with van der Waals surface area (Å²) in [6, 6.07) is 1.37. The van der Waals surface area contributed by atoms with Crippen LogP contribution >= 0.6 is 0 Å². The van der Waals surface area contributed by atoms with Crippen molar-refractivity contribution >= 4 is 5.82 Å². The minimum Gasteiger partial charge on any atom is -0.393 e. The highest BCUT2D eigenvalue weighted by atomic mass is 19.1. The number of nitrogens with zero attached hydrogens (tertiary/aromatic N) is 5. The summed E-state index contributed by atoms with van der Waals surface area (Å²) in [6.07, 6.45) is -4.45. The molecule has 1 fully saturated rings. The number of azide groups is 1. The smallest absolute Gasteiger partial charge is 0.351 e. The van der Waals surface area contributed by atoms with E-state index in [1.165, 1.54) is 19.4 Å². The SMILES string of the molecule is COCNc1ccn([C@@H]2O[C@@](CO)(N=[N+]=[N-])[C@@H](O)[C@@H]2F)c(=O)n1. The van der Waals surface area contributed by atoms with E-state index in [9.17, 15) is 19.4 Å². The van der Waals surface area contributed by atoms with Crippen LogP contribution in [0, 0.1) is 0 Å². The third-order valence-corrected chi connectivity index (χ3v) is 3.30. The molecule has 11 nitrogen and oxygen atoms in total. The third-order valence-electron chi connectivity index (χ3n) is 3.30. The first-order chi connectivity index (χ1) is 11.0. The summed E-state index contributed by atoms with van der Waals surface area (Å²) in [5, 5.41) is 24.9. The van der Waals surface area contributed by atoms with Gasteiger partial charge in [-0.25, -0.2) is 9.18 Å². The van der Waals surface area contributed by atoms with Gasteiger partial charge in [0.2, 0.25) is 5.72 Å². The van der Waals surface area contributed by atoms with Gasteiger partial charge in [0.15, 0.2) is 12.4 Å². The number of nitrogens with one attached hydrogen (secondary N) is 1. The number of hydrogen-bond acceptors (Lipinski definition) is 8. The zero-order chi connectivity index (χ0) is 17.0. The Kier molecular flexibility index (Phi) is 5.13. The number of anilines is 1. The summed E-state index contributed by atoms with van der Waals surface area (Å²) in [7, 11) is 1.44. The van der Waals surface area contributed by atoms with Gasteiger partial charge in [-0.05, 0) is 11.6 Å². The van der Waals surface area contributed by atoms with E-state index in [1.807, 2.05) is 0 Å². The molecular weight excluding hydrogens is 315 g/mol. The fraction of sp³-hybridized carbons (Fsp3) is 0.636. The first kappa shape index (κ1) is 17.1. The number of halogens is 1. The highest BCUT2D eigenvalue weighted by Crippen LogP contribution is 2.39. The summed E-state index contributed by atoms with van der Waals surface area (Å²) in [6.45, 7) is -0.837. The van der Waals surface area contributed by atoms with E-state index in [4.69, 9.17) is 15.0 Å². The van der Waals surface area contributed by atoms with Gasteiger partial charge in [-0.1, -0.05) is 5.11 Å². The molecular formula is C11H15FN6O5. The van der Waals surface area contributed by atoms with Crippen LogP contribution in [-0.4, -0.2) is 58.2 Å². The topological polar surface area (TPSA) is 155 Å². The largest absolute Gasteiger partial charge is 0.393 e. The lowest BCUT2D eigenvalue weighted by atomic mass is 10.1. The molecule has 0 spiro atoms. The van der Waals surface area contributed by atoms with Crippen molar-refractivity contribution in [2.45, 2.75) is 24.2 Å². The van der Waals surface area contributed by atoms with Crippen molar-refractivity contribution in [2.24, 2.45) is 5.11 Å². The average Bonchev–Trinajstić information content (AvgIpc) is 2.79. The second-order valence-corrected chi connectivity index (χ2v) is 4.70. The molecule has 0 amide bonds. The van der Waals surface area contributed by atoms with Crippen molar-refractivity contribution in [3.63, 3.8) is 0 Å². The lowest BCUT2D eigenvalue weighted by Crippen LogP contribution is -2.43. The lowest BCUT2D eigenvalue weighted by molar-refractivity contribution is -0.124. The highest BCUT2D eigenvalue weighted by Gasteiger charge is 2.56. The van der Waals surface area contributed by atoms with Gasteiger partial charge >= 0.3 is 5.69 Å². The monoisotopic (exact) mass is 330 g/mol. The Morgan fingerprint density at radius 2 is 2.48 bits per heavy atom. The van der Waals surface area contributed by atoms with E-state index in [1.54, 1.807) is 0 Å². The van der Waals surface area contributed by atoms with Crippen molar-refractivity contribution in [2.75, 3.05) is 25.8 Å². The molecule has 23 heavy (non-hydrogen) atoms. The lowest BCUT2D eigenvalue weighted by Gasteiger charge is -2.23. The van der Waals surface area contributed by atoms with Crippen LogP contribution in [0.25, 0.3) is 10.4 Å². The maximum atomic E-state index is 14.3. The van der Waals surface area contributed by atoms with Crippen molar-refractivity contribution in [3.05, 3.63) is 33.2 Å². The van der Waals surface area contributed by atoms with E-state index in [0.29, 0.717) is 0 Å². The van der Waals surface area contributed by atoms with Gasteiger partial charge < -0.3 is 25.0 Å². The molecule has 1 aromatic rings. The Morgan fingerprint density at radius 3 is 3.04 bits per heavy atom. The second kappa shape index (κ2) is 6.89. The molecule has 1 aliphatic rings. The molecule has 12 heteroatoms. The highest BCUT2D eigenvalue weighted by molar-refractivity contribution is 5.31. The average molecular weight is 330 g/mol. The first-order valence-electron chi connectivity index (χ1n) is 6.48. The summed E-state index contributed by atoms with van der Waals surface area (Å²) in [4.78, 5) is 18.1. The molecule has 0 saturated carbocycles. The summed E-state index contributed by atoms with van der Waals surface area (Å²) in [5.74, 6) is 0.200. The Morgan fingerprint density at radius 1 is 1.74 bits per heavy atom. The van der Waals surface area contributed by atoms with Crippen molar-refractivity contribution in [1.82, 2.24) is 9.55 Å². The minimum absolute atomic E-state index is 0.116. The Balaban J connectivity index is 2.32. The first-order valence-corrected chi connectivity index (χ1v) is 6.48. The maximum absolute atomic E-state index is 14.3. The van der Waals surface area contributed by atoms with Gasteiger partial charge in [0.25, 0.3) is 0 Å². The molecule has 126 valence electrons. The van der Waals surface area contributed by atoms with E-state index in [0.717, 1.165) is 4.57 Å². The molecule has 2 heterocycles. The molecule has 1 aromatic heterocycles. The van der Waals surface area contributed by atoms with Crippen molar-refractivity contribution in [3.8, 4) is 0 Å². The predicted molar refractivity (Wildman–Crippen MR) is 74.0 cm³/mol. The number of methoxy groups -OCH3 is 1. The van der Waals surface area contributed by atoms with Gasteiger partial charge in [-0.3, -0.25) is 4.57 Å². The fourth-order valence-electron chi connectivity index (χ4n) is 2.13. The third kappa shape index (κ3) is 3.11. The fourth-order valence-corrected chi connectivity index (χ4v) is 2.13. The van der Waals surface area contributed by atoms with E-state index in [2.05, 4.69) is 20.3 Å². The molecule has 1 saturated heterocycles. The van der Waals surface area contributed by atoms with Crippen LogP contribution in [0.2, 0.25) is 0 Å². The number of hydrogen-bond donors (Lipinski definition) is 3. The number of ether oxygens (including phenoxy) is 2. The minimum atomic E-state index is -2.20. The van der Waals surface area contributed by atoms with Crippen LogP contribution < -0.4 is 11.0 Å². The molecule has 0 unspecified atom stereocenters. The summed E-state index contributed by atoms with van der Waals surface area (Å²) < 4.78 is 24.9. The summed E-state index contributed by atoms with van der Waals surface area (Å²) >= 11 is 0. The standard InChI is InChI=1S/C11H15FN6O5/c1-22-5-14-6-2-3-18(10(21)15-6)9-7(12)8(20)11(4-19,23-9)16-17-13/h2-3,7-9,19-20H,4-5H2,1H3,(H,14,15,21)/t7-,8-,9+,11+/m0/s1. The number of aliphatic hydroxyl groups excluding tert-OH is 2. The molecule has 3 N–H and O–H groups in total. The molecule has 2 rings (SSSR count). The molecule has 0 aromatic carbocycles. The summed E-state index contributed by atoms with van der Waals surface area (Å²) in [5.41, 5.74) is 5.43. The number of rotatable bonds is 6. The number of aromatic nitrogens is 2. The van der Waals surface area contributed by atoms with Gasteiger partial charge in [-0.2, -0.15) is 4.98 Å². The quantitative estimate of drug-likeness (QED) is 0.274.